The Morgan fingerprint density at radius 1 is 0.667 bits per heavy atom. The third-order valence-corrected chi connectivity index (χ3v) is 13.5. The van der Waals surface area contributed by atoms with Gasteiger partial charge in [-0.2, -0.15) is 0 Å². The highest BCUT2D eigenvalue weighted by atomic mass is 16.5. The number of aromatic amines is 2. The molecule has 1 saturated carbocycles. The summed E-state index contributed by atoms with van der Waals surface area (Å²) in [5.41, 5.74) is 7.67. The van der Waals surface area contributed by atoms with Crippen molar-refractivity contribution in [2.24, 2.45) is 11.8 Å². The summed E-state index contributed by atoms with van der Waals surface area (Å²) in [5.74, 6) is 3.57. The molecule has 3 fully saturated rings. The SMILES string of the molecule is COC(=O)N[C@H](C(=O)N1CCC[C@H]1c1nc(-c2ccc(-c3nnc(-c4ccc(-c5c[nH]c([C@@H]6CCCN6C(=O)[CH]C(C)C)n5)cc4)n3-c3ccc(C4CCCCC4)cc3)cc2)c[nH]1)C(C)C. The van der Waals surface area contributed by atoms with Crippen LogP contribution in [0, 0.1) is 18.3 Å². The van der Waals surface area contributed by atoms with Gasteiger partial charge < -0.3 is 29.8 Å². The van der Waals surface area contributed by atoms with E-state index in [2.05, 4.69) is 80.5 Å². The van der Waals surface area contributed by atoms with Crippen LogP contribution in [0.5, 0.6) is 0 Å². The number of hydrogen-bond acceptors (Lipinski definition) is 8. The number of carbonyl (C=O) groups excluding carboxylic acids is 3. The number of nitrogens with one attached hydrogen (secondary N) is 3. The number of imidazole rings is 2. The van der Waals surface area contributed by atoms with Gasteiger partial charge in [0.25, 0.3) is 0 Å². The second kappa shape index (κ2) is 19.5. The largest absolute Gasteiger partial charge is 0.453 e. The molecule has 0 unspecified atom stereocenters. The van der Waals surface area contributed by atoms with Crippen molar-refractivity contribution in [2.45, 2.75) is 110 Å². The molecule has 2 aliphatic heterocycles. The van der Waals surface area contributed by atoms with Gasteiger partial charge in [-0.25, -0.2) is 14.8 Å². The number of rotatable bonds is 13. The van der Waals surface area contributed by atoms with E-state index >= 15 is 0 Å². The molecule has 5 heterocycles. The summed E-state index contributed by atoms with van der Waals surface area (Å²) in [6.45, 7) is 9.20. The standard InChI is InChI=1S/C52H61N10O4/c1-32(2)29-45(63)60-27-9-13-43(60)47-53-30-41(55-47)36-15-19-38(20-16-36)49-58-59-50(62(49)40-25-23-35(24-26-40)34-11-7-6-8-12-34)39-21-17-37(18-22-39)42-31-54-48(56-42)44-14-10-28-61(44)51(64)46(33(3)4)57-52(65)66-5/h15-26,29-34,43-44,46H,6-14,27-28H2,1-5H3,(H,53,55)(H,54,56)(H,57,65)/t43-,44-,46-/m0/s1. The van der Waals surface area contributed by atoms with Gasteiger partial charge in [-0.1, -0.05) is 108 Å². The zero-order valence-electron chi connectivity index (χ0n) is 38.7. The Bertz CT molecular complexity index is 2620. The molecule has 3 N–H and O–H groups in total. The van der Waals surface area contributed by atoms with Crippen LogP contribution in [-0.2, 0) is 14.3 Å². The van der Waals surface area contributed by atoms with Gasteiger partial charge in [0.2, 0.25) is 11.8 Å². The molecule has 0 bridgehead atoms. The average Bonchev–Trinajstić information content (AvgIpc) is 4.20. The quantitative estimate of drug-likeness (QED) is 0.103. The van der Waals surface area contributed by atoms with Gasteiger partial charge in [0.1, 0.15) is 17.7 Å². The Hall–Kier alpha value is -6.57. The van der Waals surface area contributed by atoms with Gasteiger partial charge in [0.05, 0.1) is 37.0 Å². The zero-order valence-corrected chi connectivity index (χ0v) is 38.7. The zero-order chi connectivity index (χ0) is 45.9. The first-order chi connectivity index (χ1) is 32.1. The first kappa shape index (κ1) is 44.6. The summed E-state index contributed by atoms with van der Waals surface area (Å²) in [7, 11) is 1.30. The van der Waals surface area contributed by atoms with Gasteiger partial charge in [-0.05, 0) is 74.0 Å². The minimum atomic E-state index is -0.700. The fraction of sp³-hybridized carbons (Fsp3) is 0.423. The molecule has 2 saturated heterocycles. The van der Waals surface area contributed by atoms with Crippen LogP contribution in [0.3, 0.4) is 0 Å². The molecule has 343 valence electrons. The Kier molecular flexibility index (Phi) is 13.2. The van der Waals surface area contributed by atoms with Crippen LogP contribution in [0.15, 0.2) is 85.2 Å². The Morgan fingerprint density at radius 2 is 1.18 bits per heavy atom. The Labute approximate surface area is 387 Å². The summed E-state index contributed by atoms with van der Waals surface area (Å²) >= 11 is 0. The van der Waals surface area contributed by atoms with E-state index in [1.807, 2.05) is 62.0 Å². The molecular weight excluding hydrogens is 829 g/mol. The van der Waals surface area contributed by atoms with Crippen molar-refractivity contribution < 1.29 is 19.1 Å². The highest BCUT2D eigenvalue weighted by Gasteiger charge is 2.38. The first-order valence-electron chi connectivity index (χ1n) is 23.7. The molecule has 14 nitrogen and oxygen atoms in total. The van der Waals surface area contributed by atoms with E-state index in [1.54, 1.807) is 6.42 Å². The fourth-order valence-corrected chi connectivity index (χ4v) is 10.0. The van der Waals surface area contributed by atoms with Gasteiger partial charge in [-0.15, -0.1) is 10.2 Å². The Morgan fingerprint density at radius 3 is 1.70 bits per heavy atom. The lowest BCUT2D eigenvalue weighted by atomic mass is 9.84. The highest BCUT2D eigenvalue weighted by Crippen LogP contribution is 2.37. The van der Waals surface area contributed by atoms with E-state index in [9.17, 15) is 14.4 Å². The molecule has 3 aromatic carbocycles. The van der Waals surface area contributed by atoms with E-state index in [4.69, 9.17) is 24.9 Å². The Balaban J connectivity index is 0.976. The molecule has 3 aliphatic rings. The minimum absolute atomic E-state index is 0.0603. The number of carbonyl (C=O) groups is 3. The van der Waals surface area contributed by atoms with Crippen LogP contribution in [0.4, 0.5) is 4.79 Å². The van der Waals surface area contributed by atoms with Gasteiger partial charge in [0.15, 0.2) is 11.6 Å². The lowest BCUT2D eigenvalue weighted by Gasteiger charge is -2.29. The average molecular weight is 890 g/mol. The lowest BCUT2D eigenvalue weighted by molar-refractivity contribution is -0.135. The summed E-state index contributed by atoms with van der Waals surface area (Å²) in [5, 5.41) is 12.4. The second-order valence-corrected chi connectivity index (χ2v) is 18.8. The number of aromatic nitrogens is 7. The molecular formula is C52H61N10O4. The maximum absolute atomic E-state index is 13.7. The number of nitrogens with zero attached hydrogens (tertiary/aromatic N) is 7. The third-order valence-electron chi connectivity index (χ3n) is 13.5. The topological polar surface area (TPSA) is 167 Å². The molecule has 3 aromatic heterocycles. The smallest absolute Gasteiger partial charge is 0.407 e. The van der Waals surface area contributed by atoms with Crippen molar-refractivity contribution in [1.29, 1.82) is 0 Å². The van der Waals surface area contributed by atoms with E-state index < -0.39 is 12.1 Å². The number of methoxy groups -OCH3 is 1. The van der Waals surface area contributed by atoms with Crippen molar-refractivity contribution in [1.82, 2.24) is 49.8 Å². The lowest BCUT2D eigenvalue weighted by Crippen LogP contribution is -2.51. The number of benzene rings is 3. The number of likely N-dealkylation sites (tertiary alicyclic amines) is 2. The second-order valence-electron chi connectivity index (χ2n) is 18.8. The molecule has 3 amide bonds. The van der Waals surface area contributed by atoms with Gasteiger partial charge in [-0.3, -0.25) is 14.2 Å². The maximum Gasteiger partial charge on any atom is 0.407 e. The van der Waals surface area contributed by atoms with E-state index in [1.165, 1.54) is 44.8 Å². The van der Waals surface area contributed by atoms with Crippen molar-refractivity contribution in [3.63, 3.8) is 0 Å². The summed E-state index contributed by atoms with van der Waals surface area (Å²) in [6, 6.07) is 24.4. The number of ether oxygens (including phenoxy) is 1. The molecule has 1 radical (unpaired) electrons. The normalized spacial score (nSPS) is 18.3. The van der Waals surface area contributed by atoms with Crippen LogP contribution < -0.4 is 5.32 Å². The maximum atomic E-state index is 13.7. The first-order valence-corrected chi connectivity index (χ1v) is 23.7. The predicted octanol–water partition coefficient (Wildman–Crippen LogP) is 10.00. The number of H-pyrrole nitrogens is 2. The van der Waals surface area contributed by atoms with Gasteiger partial charge in [0, 0.05) is 53.4 Å². The third kappa shape index (κ3) is 9.27. The van der Waals surface area contributed by atoms with E-state index in [-0.39, 0.29) is 35.7 Å². The van der Waals surface area contributed by atoms with Crippen LogP contribution in [0.2, 0.25) is 0 Å². The van der Waals surface area contributed by atoms with Crippen molar-refractivity contribution in [3.05, 3.63) is 109 Å². The van der Waals surface area contributed by atoms with Gasteiger partial charge >= 0.3 is 6.09 Å². The van der Waals surface area contributed by atoms with E-state index in [0.29, 0.717) is 18.3 Å². The summed E-state index contributed by atoms with van der Waals surface area (Å²) in [6.07, 6.45) is 14.8. The molecule has 3 atom stereocenters. The summed E-state index contributed by atoms with van der Waals surface area (Å²) in [4.78, 5) is 59.3. The predicted molar refractivity (Wildman–Crippen MR) is 254 cm³/mol. The van der Waals surface area contributed by atoms with Crippen LogP contribution in [0.1, 0.15) is 121 Å². The van der Waals surface area contributed by atoms with Crippen LogP contribution in [-0.4, -0.2) is 88.6 Å². The van der Waals surface area contributed by atoms with E-state index in [0.717, 1.165) is 89.0 Å². The van der Waals surface area contributed by atoms with Crippen molar-refractivity contribution >= 4 is 17.9 Å². The van der Waals surface area contributed by atoms with Crippen LogP contribution >= 0.6 is 0 Å². The number of alkyl carbamates (subject to hydrolysis) is 1. The fourth-order valence-electron chi connectivity index (χ4n) is 10.0. The molecule has 6 aromatic rings. The monoisotopic (exact) mass is 889 g/mol. The van der Waals surface area contributed by atoms with Crippen molar-refractivity contribution in [3.8, 4) is 51.0 Å². The minimum Gasteiger partial charge on any atom is -0.453 e. The molecule has 66 heavy (non-hydrogen) atoms. The van der Waals surface area contributed by atoms with Crippen LogP contribution in [0.25, 0.3) is 51.0 Å². The molecule has 14 heteroatoms. The molecule has 0 spiro atoms. The molecule has 9 rings (SSSR count). The summed E-state index contributed by atoms with van der Waals surface area (Å²) < 4.78 is 6.94. The number of amides is 3. The molecule has 1 aliphatic carbocycles. The van der Waals surface area contributed by atoms with Crippen molar-refractivity contribution in [2.75, 3.05) is 20.2 Å². The highest BCUT2D eigenvalue weighted by molar-refractivity contribution is 5.87. The number of hydrogen-bond donors (Lipinski definition) is 3.